The maximum absolute atomic E-state index is 5.92. The van der Waals surface area contributed by atoms with Gasteiger partial charge in [-0.2, -0.15) is 0 Å². The van der Waals surface area contributed by atoms with E-state index in [2.05, 4.69) is 15.9 Å². The van der Waals surface area contributed by atoms with Crippen LogP contribution in [0.2, 0.25) is 5.02 Å². The first-order valence-electron chi connectivity index (χ1n) is 4.78. The summed E-state index contributed by atoms with van der Waals surface area (Å²) in [5.41, 5.74) is 2.13. The van der Waals surface area contributed by atoms with Gasteiger partial charge in [0.15, 0.2) is 0 Å². The number of alkyl halides is 1. The van der Waals surface area contributed by atoms with Gasteiger partial charge in [0.25, 0.3) is 0 Å². The van der Waals surface area contributed by atoms with Crippen molar-refractivity contribution in [1.29, 1.82) is 0 Å². The summed E-state index contributed by atoms with van der Waals surface area (Å²) in [5.74, 6) is -0.630. The number of rotatable bonds is 2. The van der Waals surface area contributed by atoms with Crippen molar-refractivity contribution >= 4 is 27.5 Å². The summed E-state index contributed by atoms with van der Waals surface area (Å²) in [6.07, 6.45) is 0. The van der Waals surface area contributed by atoms with Crippen LogP contribution >= 0.6 is 27.5 Å². The predicted molar refractivity (Wildman–Crippen MR) is 63.6 cm³/mol. The number of hydrogen-bond acceptors (Lipinski definition) is 2. The number of ether oxygens (including phenoxy) is 2. The van der Waals surface area contributed by atoms with E-state index in [-0.39, 0.29) is 0 Å². The van der Waals surface area contributed by atoms with Crippen LogP contribution < -0.4 is 0 Å². The monoisotopic (exact) mass is 290 g/mol. The highest BCUT2D eigenvalue weighted by atomic mass is 79.9. The van der Waals surface area contributed by atoms with Crippen LogP contribution in [0.15, 0.2) is 18.2 Å². The molecule has 82 valence electrons. The summed E-state index contributed by atoms with van der Waals surface area (Å²) in [4.78, 5) is 0. The van der Waals surface area contributed by atoms with Crippen LogP contribution in [0.3, 0.4) is 0 Å². The molecule has 0 atom stereocenters. The van der Waals surface area contributed by atoms with Crippen molar-refractivity contribution in [3.05, 3.63) is 34.3 Å². The van der Waals surface area contributed by atoms with Crippen LogP contribution in [0.25, 0.3) is 0 Å². The Morgan fingerprint density at radius 1 is 1.40 bits per heavy atom. The molecule has 15 heavy (non-hydrogen) atoms. The smallest absolute Gasteiger partial charge is 0.205 e. The molecule has 0 bridgehead atoms. The number of halogens is 2. The second-order valence-corrected chi connectivity index (χ2v) is 4.54. The molecule has 1 fully saturated rings. The first kappa shape index (κ1) is 11.4. The first-order chi connectivity index (χ1) is 7.18. The summed E-state index contributed by atoms with van der Waals surface area (Å²) >= 11 is 9.36. The molecule has 0 aromatic heterocycles. The van der Waals surface area contributed by atoms with Crippen LogP contribution in [0.5, 0.6) is 0 Å². The molecule has 2 nitrogen and oxygen atoms in total. The van der Waals surface area contributed by atoms with E-state index in [0.29, 0.717) is 18.5 Å². The molecule has 1 aliphatic rings. The fourth-order valence-corrected chi connectivity index (χ4v) is 2.67. The maximum atomic E-state index is 5.92. The maximum Gasteiger partial charge on any atom is 0.205 e. The molecular weight excluding hydrogens is 279 g/mol. The van der Waals surface area contributed by atoms with Gasteiger partial charge in [0.2, 0.25) is 5.79 Å². The average Bonchev–Trinajstić information content (AvgIpc) is 2.67. The van der Waals surface area contributed by atoms with Gasteiger partial charge in [-0.15, -0.1) is 0 Å². The van der Waals surface area contributed by atoms with Gasteiger partial charge in [0.05, 0.1) is 18.5 Å². The van der Waals surface area contributed by atoms with Crippen LogP contribution in [0.4, 0.5) is 0 Å². The summed E-state index contributed by atoms with van der Waals surface area (Å²) in [6.45, 7) is 3.28. The molecule has 1 saturated heterocycles. The predicted octanol–water partition coefficient (Wildman–Crippen LogP) is 3.24. The van der Waals surface area contributed by atoms with E-state index in [1.54, 1.807) is 0 Å². The van der Waals surface area contributed by atoms with Gasteiger partial charge in [-0.3, -0.25) is 0 Å². The Balaban J connectivity index is 2.42. The SMILES string of the molecule is Cc1cc(Cl)ccc1C1(CBr)OCCO1. The molecule has 0 spiro atoms. The van der Waals surface area contributed by atoms with Gasteiger partial charge in [0.1, 0.15) is 0 Å². The first-order valence-corrected chi connectivity index (χ1v) is 6.28. The van der Waals surface area contributed by atoms with Crippen molar-refractivity contribution in [1.82, 2.24) is 0 Å². The molecule has 0 saturated carbocycles. The molecule has 1 aromatic rings. The Bertz CT molecular complexity index is 362. The van der Waals surface area contributed by atoms with E-state index in [0.717, 1.165) is 16.1 Å². The molecule has 4 heteroatoms. The largest absolute Gasteiger partial charge is 0.343 e. The molecule has 1 aromatic carbocycles. The quantitative estimate of drug-likeness (QED) is 0.779. The van der Waals surface area contributed by atoms with E-state index in [1.807, 2.05) is 25.1 Å². The van der Waals surface area contributed by atoms with E-state index >= 15 is 0 Å². The zero-order valence-corrected chi connectivity index (χ0v) is 10.8. The van der Waals surface area contributed by atoms with Crippen LogP contribution in [0, 0.1) is 6.92 Å². The third kappa shape index (κ3) is 2.07. The zero-order valence-electron chi connectivity index (χ0n) is 8.43. The third-order valence-electron chi connectivity index (χ3n) is 2.53. The van der Waals surface area contributed by atoms with Gasteiger partial charge in [-0.05, 0) is 24.6 Å². The highest BCUT2D eigenvalue weighted by Crippen LogP contribution is 2.35. The Morgan fingerprint density at radius 3 is 2.60 bits per heavy atom. The summed E-state index contributed by atoms with van der Waals surface area (Å²) in [6, 6.07) is 5.75. The van der Waals surface area contributed by atoms with Crippen LogP contribution in [-0.4, -0.2) is 18.5 Å². The van der Waals surface area contributed by atoms with Crippen molar-refractivity contribution < 1.29 is 9.47 Å². The number of hydrogen-bond donors (Lipinski definition) is 0. The molecule has 0 N–H and O–H groups in total. The lowest BCUT2D eigenvalue weighted by Crippen LogP contribution is -2.29. The fourth-order valence-electron chi connectivity index (χ4n) is 1.81. The minimum atomic E-state index is -0.630. The lowest BCUT2D eigenvalue weighted by molar-refractivity contribution is -0.144. The lowest BCUT2D eigenvalue weighted by atomic mass is 10.0. The van der Waals surface area contributed by atoms with Gasteiger partial charge >= 0.3 is 0 Å². The second kappa shape index (κ2) is 4.42. The molecule has 0 aliphatic carbocycles. The second-order valence-electron chi connectivity index (χ2n) is 3.54. The standard InChI is InChI=1S/C11H12BrClO2/c1-8-6-9(13)2-3-10(8)11(7-12)14-4-5-15-11/h2-3,6H,4-5,7H2,1H3. The highest BCUT2D eigenvalue weighted by molar-refractivity contribution is 9.09. The molecule has 1 aliphatic heterocycles. The molecule has 0 radical (unpaired) electrons. The van der Waals surface area contributed by atoms with Crippen molar-refractivity contribution in [2.45, 2.75) is 12.7 Å². The zero-order chi connectivity index (χ0) is 10.9. The Morgan fingerprint density at radius 2 is 2.07 bits per heavy atom. The number of benzene rings is 1. The van der Waals surface area contributed by atoms with Crippen molar-refractivity contribution in [3.63, 3.8) is 0 Å². The lowest BCUT2D eigenvalue weighted by Gasteiger charge is -2.27. The van der Waals surface area contributed by atoms with Crippen molar-refractivity contribution in [2.24, 2.45) is 0 Å². The van der Waals surface area contributed by atoms with Crippen molar-refractivity contribution in [3.8, 4) is 0 Å². The van der Waals surface area contributed by atoms with Crippen LogP contribution in [-0.2, 0) is 15.3 Å². The van der Waals surface area contributed by atoms with Crippen molar-refractivity contribution in [2.75, 3.05) is 18.5 Å². The highest BCUT2D eigenvalue weighted by Gasteiger charge is 2.38. The molecule has 2 rings (SSSR count). The summed E-state index contributed by atoms with van der Waals surface area (Å²) < 4.78 is 11.4. The normalized spacial score (nSPS) is 19.4. The number of aryl methyl sites for hydroxylation is 1. The fraction of sp³-hybridized carbons (Fsp3) is 0.455. The average molecular weight is 292 g/mol. The summed E-state index contributed by atoms with van der Waals surface area (Å²) in [5, 5.41) is 1.36. The van der Waals surface area contributed by atoms with E-state index < -0.39 is 5.79 Å². The van der Waals surface area contributed by atoms with Gasteiger partial charge in [0, 0.05) is 10.6 Å². The minimum Gasteiger partial charge on any atom is -0.343 e. The Hall–Kier alpha value is -0.0900. The van der Waals surface area contributed by atoms with Gasteiger partial charge in [-0.1, -0.05) is 33.6 Å². The molecule has 1 heterocycles. The van der Waals surface area contributed by atoms with E-state index in [9.17, 15) is 0 Å². The third-order valence-corrected chi connectivity index (χ3v) is 3.50. The van der Waals surface area contributed by atoms with E-state index in [1.165, 1.54) is 0 Å². The molecule has 0 unspecified atom stereocenters. The Kier molecular flexibility index (Phi) is 3.36. The minimum absolute atomic E-state index is 0.627. The van der Waals surface area contributed by atoms with E-state index in [4.69, 9.17) is 21.1 Å². The van der Waals surface area contributed by atoms with Gasteiger partial charge in [-0.25, -0.2) is 0 Å². The van der Waals surface area contributed by atoms with Crippen LogP contribution in [0.1, 0.15) is 11.1 Å². The topological polar surface area (TPSA) is 18.5 Å². The van der Waals surface area contributed by atoms with Gasteiger partial charge < -0.3 is 9.47 Å². The Labute approximate surface area is 103 Å². The molecule has 0 amide bonds. The molecular formula is C11H12BrClO2. The summed E-state index contributed by atoms with van der Waals surface area (Å²) in [7, 11) is 0.